The lowest BCUT2D eigenvalue weighted by atomic mass is 10.0. The molecule has 1 aromatic heterocycles. The molecule has 0 atom stereocenters. The molecule has 0 saturated heterocycles. The van der Waals surface area contributed by atoms with Crippen molar-refractivity contribution in [3.05, 3.63) is 28.4 Å². The van der Waals surface area contributed by atoms with Crippen LogP contribution in [0, 0.1) is 10.1 Å². The number of nitrogens with one attached hydrogen (secondary N) is 1. The summed E-state index contributed by atoms with van der Waals surface area (Å²) in [5, 5.41) is 40.5. The zero-order valence-electron chi connectivity index (χ0n) is 8.91. The zero-order valence-corrected chi connectivity index (χ0v) is 8.91. The van der Waals surface area contributed by atoms with E-state index >= 15 is 0 Å². The maximum atomic E-state index is 10.7. The van der Waals surface area contributed by atoms with Gasteiger partial charge in [-0.05, 0) is 22.0 Å². The van der Waals surface area contributed by atoms with Crippen LogP contribution >= 0.6 is 0 Å². The number of rotatable bonds is 6. The molecule has 0 fully saturated rings. The van der Waals surface area contributed by atoms with Crippen LogP contribution in [0.25, 0.3) is 0 Å². The molecule has 8 nitrogen and oxygen atoms in total. The van der Waals surface area contributed by atoms with Crippen molar-refractivity contribution in [3.8, 4) is 0 Å². The van der Waals surface area contributed by atoms with Crippen molar-refractivity contribution < 1.29 is 20.2 Å². The van der Waals surface area contributed by atoms with E-state index in [0.29, 0.717) is 0 Å². The zero-order chi connectivity index (χ0) is 12.9. The normalized spacial score (nSPS) is 11.2. The number of nitrogens with zero attached hydrogens (tertiary/aromatic N) is 2. The van der Waals surface area contributed by atoms with Gasteiger partial charge in [-0.1, -0.05) is 0 Å². The summed E-state index contributed by atoms with van der Waals surface area (Å²) in [5.41, 5.74) is -1.40. The maximum absolute atomic E-state index is 10.7. The Morgan fingerprint density at radius 3 is 2.41 bits per heavy atom. The largest absolute Gasteiger partial charge is 0.394 e. The molecule has 0 unspecified atom stereocenters. The summed E-state index contributed by atoms with van der Waals surface area (Å²) in [5.74, 6) is -0.438. The Hall–Kier alpha value is -1.77. The van der Waals surface area contributed by atoms with Gasteiger partial charge in [-0.3, -0.25) is 0 Å². The Morgan fingerprint density at radius 1 is 1.35 bits per heavy atom. The third-order valence-corrected chi connectivity index (χ3v) is 2.27. The van der Waals surface area contributed by atoms with Gasteiger partial charge in [0, 0.05) is 0 Å². The minimum Gasteiger partial charge on any atom is -0.394 e. The van der Waals surface area contributed by atoms with Gasteiger partial charge in [-0.2, -0.15) is 0 Å². The fraction of sp³-hybridized carbons (Fsp3) is 0.444. The highest BCUT2D eigenvalue weighted by molar-refractivity contribution is 5.58. The van der Waals surface area contributed by atoms with E-state index < -0.39 is 36.1 Å². The molecule has 17 heavy (non-hydrogen) atoms. The molecule has 1 aromatic rings. The number of hydrogen-bond donors (Lipinski definition) is 4. The standard InChI is InChI=1S/C9H13N3O5/c13-4-9(5-14,6-15)11-7-2-1-3-10-8(7)12(16)17/h1-3,11,13-15H,4-6H2. The van der Waals surface area contributed by atoms with Crippen LogP contribution < -0.4 is 5.32 Å². The number of nitro groups is 1. The Labute approximate surface area is 96.7 Å². The highest BCUT2D eigenvalue weighted by Gasteiger charge is 2.30. The van der Waals surface area contributed by atoms with Crippen LogP contribution in [0.15, 0.2) is 18.3 Å². The van der Waals surface area contributed by atoms with E-state index in [9.17, 15) is 10.1 Å². The number of pyridine rings is 1. The van der Waals surface area contributed by atoms with Gasteiger partial charge in [-0.25, -0.2) is 0 Å². The second-order valence-electron chi connectivity index (χ2n) is 3.51. The summed E-state index contributed by atoms with van der Waals surface area (Å²) >= 11 is 0. The molecule has 0 aliphatic carbocycles. The fourth-order valence-electron chi connectivity index (χ4n) is 1.19. The topological polar surface area (TPSA) is 129 Å². The Balaban J connectivity index is 3.05. The van der Waals surface area contributed by atoms with Crippen molar-refractivity contribution in [1.82, 2.24) is 4.98 Å². The first kappa shape index (κ1) is 13.3. The van der Waals surface area contributed by atoms with E-state index in [-0.39, 0.29) is 5.69 Å². The van der Waals surface area contributed by atoms with E-state index in [1.807, 2.05) is 0 Å². The van der Waals surface area contributed by atoms with Gasteiger partial charge in [0.25, 0.3) is 0 Å². The number of anilines is 1. The van der Waals surface area contributed by atoms with Crippen molar-refractivity contribution in [3.63, 3.8) is 0 Å². The first-order valence-electron chi connectivity index (χ1n) is 4.79. The highest BCUT2D eigenvalue weighted by Crippen LogP contribution is 2.23. The molecular weight excluding hydrogens is 230 g/mol. The van der Waals surface area contributed by atoms with Crippen LogP contribution in [-0.4, -0.2) is 50.6 Å². The minimum absolute atomic E-state index is 0.0228. The monoisotopic (exact) mass is 243 g/mol. The molecule has 94 valence electrons. The average Bonchev–Trinajstić information content (AvgIpc) is 2.36. The first-order valence-corrected chi connectivity index (χ1v) is 4.79. The summed E-state index contributed by atoms with van der Waals surface area (Å²) in [6.45, 7) is -1.73. The van der Waals surface area contributed by atoms with Gasteiger partial charge >= 0.3 is 5.82 Å². The molecule has 1 heterocycles. The summed E-state index contributed by atoms with van der Waals surface area (Å²) < 4.78 is 0. The van der Waals surface area contributed by atoms with Crippen molar-refractivity contribution >= 4 is 11.5 Å². The number of aliphatic hydroxyl groups is 3. The quantitative estimate of drug-likeness (QED) is 0.377. The lowest BCUT2D eigenvalue weighted by molar-refractivity contribution is -0.388. The van der Waals surface area contributed by atoms with Crippen LogP contribution in [0.3, 0.4) is 0 Å². The lowest BCUT2D eigenvalue weighted by Crippen LogP contribution is -2.49. The third kappa shape index (κ3) is 2.87. The average molecular weight is 243 g/mol. The smallest absolute Gasteiger partial charge is 0.386 e. The minimum atomic E-state index is -1.42. The second-order valence-corrected chi connectivity index (χ2v) is 3.51. The molecule has 0 spiro atoms. The molecular formula is C9H13N3O5. The van der Waals surface area contributed by atoms with Gasteiger partial charge in [-0.15, -0.1) is 0 Å². The fourth-order valence-corrected chi connectivity index (χ4v) is 1.19. The highest BCUT2D eigenvalue weighted by atomic mass is 16.6. The molecule has 1 rings (SSSR count). The van der Waals surface area contributed by atoms with Crippen molar-refractivity contribution in [2.24, 2.45) is 0 Å². The first-order chi connectivity index (χ1) is 8.08. The van der Waals surface area contributed by atoms with Crippen LogP contribution in [0.5, 0.6) is 0 Å². The Morgan fingerprint density at radius 2 is 1.94 bits per heavy atom. The molecule has 8 heteroatoms. The SMILES string of the molecule is O=[N+]([O-])c1ncccc1NC(CO)(CO)CO. The number of aliphatic hydroxyl groups excluding tert-OH is 3. The van der Waals surface area contributed by atoms with Crippen molar-refractivity contribution in [2.45, 2.75) is 5.54 Å². The van der Waals surface area contributed by atoms with Gasteiger partial charge in [0.2, 0.25) is 0 Å². The van der Waals surface area contributed by atoms with E-state index in [2.05, 4.69) is 10.3 Å². The summed E-state index contributed by atoms with van der Waals surface area (Å²) in [6.07, 6.45) is 1.25. The van der Waals surface area contributed by atoms with Gasteiger partial charge < -0.3 is 30.8 Å². The van der Waals surface area contributed by atoms with Crippen LogP contribution in [0.2, 0.25) is 0 Å². The van der Waals surface area contributed by atoms with Crippen molar-refractivity contribution in [1.29, 1.82) is 0 Å². The third-order valence-electron chi connectivity index (χ3n) is 2.27. The Bertz CT molecular complexity index is 386. The number of hydrogen-bond acceptors (Lipinski definition) is 7. The lowest BCUT2D eigenvalue weighted by Gasteiger charge is -2.29. The predicted molar refractivity (Wildman–Crippen MR) is 58.5 cm³/mol. The van der Waals surface area contributed by atoms with Gasteiger partial charge in [0.1, 0.15) is 17.4 Å². The van der Waals surface area contributed by atoms with Crippen LogP contribution in [-0.2, 0) is 0 Å². The van der Waals surface area contributed by atoms with Crippen LogP contribution in [0.1, 0.15) is 0 Å². The molecule has 0 aromatic carbocycles. The summed E-state index contributed by atoms with van der Waals surface area (Å²) in [7, 11) is 0. The van der Waals surface area contributed by atoms with Crippen LogP contribution in [0.4, 0.5) is 11.5 Å². The molecule has 0 aliphatic rings. The molecule has 0 aliphatic heterocycles. The molecule has 0 radical (unpaired) electrons. The summed E-state index contributed by atoms with van der Waals surface area (Å²) in [4.78, 5) is 13.6. The predicted octanol–water partition coefficient (Wildman–Crippen LogP) is -0.883. The number of aromatic nitrogens is 1. The molecule has 0 bridgehead atoms. The maximum Gasteiger partial charge on any atom is 0.386 e. The van der Waals surface area contributed by atoms with Gasteiger partial charge in [0.05, 0.1) is 19.8 Å². The summed E-state index contributed by atoms with van der Waals surface area (Å²) in [6, 6.07) is 2.84. The second kappa shape index (κ2) is 5.53. The Kier molecular flexibility index (Phi) is 4.32. The van der Waals surface area contributed by atoms with Crippen molar-refractivity contribution in [2.75, 3.05) is 25.1 Å². The molecule has 4 N–H and O–H groups in total. The van der Waals surface area contributed by atoms with E-state index in [4.69, 9.17) is 15.3 Å². The van der Waals surface area contributed by atoms with E-state index in [0.717, 1.165) is 0 Å². The van der Waals surface area contributed by atoms with E-state index in [1.54, 1.807) is 0 Å². The van der Waals surface area contributed by atoms with E-state index in [1.165, 1.54) is 18.3 Å². The molecule has 0 amide bonds. The van der Waals surface area contributed by atoms with Gasteiger partial charge in [0.15, 0.2) is 0 Å². The molecule has 0 saturated carbocycles.